The van der Waals surface area contributed by atoms with Crippen molar-refractivity contribution in [2.75, 3.05) is 5.75 Å². The molecule has 2 heterocycles. The van der Waals surface area contributed by atoms with E-state index in [0.717, 1.165) is 32.1 Å². The number of carboxylic acid groups (broad SMARTS) is 1. The summed E-state index contributed by atoms with van der Waals surface area (Å²) in [6, 6.07) is -0.363. The van der Waals surface area contributed by atoms with Gasteiger partial charge in [-0.05, 0) is 39.5 Å². The summed E-state index contributed by atoms with van der Waals surface area (Å²) in [5.74, 6) is -0.380. The van der Waals surface area contributed by atoms with Crippen LogP contribution >= 0.6 is 11.8 Å². The number of amides is 2. The quantitative estimate of drug-likeness (QED) is 0.870. The molecule has 0 spiro atoms. The molecule has 21 heavy (non-hydrogen) atoms. The summed E-state index contributed by atoms with van der Waals surface area (Å²) in [6.45, 7) is 6.21. The fraction of sp³-hybridized carbons (Fsp3) is 0.867. The predicted octanol–water partition coefficient (Wildman–Crippen LogP) is 3.00. The zero-order valence-corrected chi connectivity index (χ0v) is 13.9. The van der Waals surface area contributed by atoms with Crippen LogP contribution < -0.4 is 0 Å². The highest BCUT2D eigenvalue weighted by molar-refractivity contribution is 8.00. The number of carbonyl (C=O) groups is 2. The van der Waals surface area contributed by atoms with Crippen LogP contribution in [0.1, 0.15) is 52.9 Å². The van der Waals surface area contributed by atoms with Crippen molar-refractivity contribution in [1.82, 2.24) is 9.80 Å². The van der Waals surface area contributed by atoms with Gasteiger partial charge in [-0.3, -0.25) is 4.90 Å². The first kappa shape index (κ1) is 16.5. The van der Waals surface area contributed by atoms with E-state index in [4.69, 9.17) is 0 Å². The molecule has 4 atom stereocenters. The van der Waals surface area contributed by atoms with E-state index in [9.17, 15) is 14.7 Å². The first-order valence-corrected chi connectivity index (χ1v) is 8.97. The first-order chi connectivity index (χ1) is 9.97. The van der Waals surface area contributed by atoms with E-state index in [1.807, 2.05) is 4.90 Å². The normalized spacial score (nSPS) is 33.3. The number of likely N-dealkylation sites (tertiary alicyclic amines) is 1. The maximum absolute atomic E-state index is 13.0. The third-order valence-electron chi connectivity index (χ3n) is 4.55. The molecular weight excluding hydrogens is 288 g/mol. The molecule has 5 nitrogen and oxygen atoms in total. The Morgan fingerprint density at radius 2 is 1.81 bits per heavy atom. The molecule has 0 radical (unpaired) electrons. The molecule has 2 fully saturated rings. The minimum Gasteiger partial charge on any atom is -0.480 e. The van der Waals surface area contributed by atoms with E-state index in [1.165, 1.54) is 0 Å². The van der Waals surface area contributed by atoms with Crippen LogP contribution in [-0.4, -0.2) is 56.2 Å². The zero-order valence-electron chi connectivity index (χ0n) is 13.1. The van der Waals surface area contributed by atoms with Crippen molar-refractivity contribution >= 4 is 23.8 Å². The molecule has 2 aliphatic rings. The zero-order chi connectivity index (χ0) is 15.6. The number of aliphatic carboxylic acids is 1. The Morgan fingerprint density at radius 1 is 1.19 bits per heavy atom. The van der Waals surface area contributed by atoms with Crippen LogP contribution in [0.5, 0.6) is 0 Å². The van der Waals surface area contributed by atoms with Crippen LogP contribution in [0.2, 0.25) is 0 Å². The fourth-order valence-electron chi connectivity index (χ4n) is 3.41. The molecule has 2 unspecified atom stereocenters. The van der Waals surface area contributed by atoms with Gasteiger partial charge in [-0.2, -0.15) is 0 Å². The van der Waals surface area contributed by atoms with Gasteiger partial charge in [0.2, 0.25) is 0 Å². The highest BCUT2D eigenvalue weighted by Gasteiger charge is 2.44. The van der Waals surface area contributed by atoms with Crippen LogP contribution in [0, 0.1) is 0 Å². The van der Waals surface area contributed by atoms with Gasteiger partial charge in [-0.25, -0.2) is 9.59 Å². The largest absolute Gasteiger partial charge is 0.480 e. The molecule has 0 aromatic rings. The maximum atomic E-state index is 13.0. The predicted molar refractivity (Wildman–Crippen MR) is 84.4 cm³/mol. The number of hydrogen-bond donors (Lipinski definition) is 1. The third kappa shape index (κ3) is 3.30. The van der Waals surface area contributed by atoms with E-state index in [2.05, 4.69) is 20.8 Å². The van der Waals surface area contributed by atoms with Crippen LogP contribution in [0.4, 0.5) is 4.79 Å². The summed E-state index contributed by atoms with van der Waals surface area (Å²) < 4.78 is 0. The molecule has 2 aliphatic heterocycles. The lowest BCUT2D eigenvalue weighted by molar-refractivity contribution is -0.141. The number of carboxylic acids is 1. The highest BCUT2D eigenvalue weighted by Crippen LogP contribution is 2.35. The topological polar surface area (TPSA) is 60.9 Å². The summed E-state index contributed by atoms with van der Waals surface area (Å²) in [7, 11) is 0. The van der Waals surface area contributed by atoms with Gasteiger partial charge in [-0.1, -0.05) is 13.3 Å². The van der Waals surface area contributed by atoms with Crippen molar-refractivity contribution in [2.24, 2.45) is 0 Å². The van der Waals surface area contributed by atoms with Gasteiger partial charge in [0.05, 0.1) is 5.37 Å². The Morgan fingerprint density at radius 3 is 2.33 bits per heavy atom. The molecule has 0 saturated carbocycles. The molecule has 0 aliphatic carbocycles. The van der Waals surface area contributed by atoms with Crippen molar-refractivity contribution in [1.29, 1.82) is 0 Å². The average molecular weight is 314 g/mol. The van der Waals surface area contributed by atoms with Crippen LogP contribution in [0.15, 0.2) is 0 Å². The van der Waals surface area contributed by atoms with Gasteiger partial charge >= 0.3 is 12.0 Å². The summed E-state index contributed by atoms with van der Waals surface area (Å²) in [5, 5.41) is 9.43. The highest BCUT2D eigenvalue weighted by atomic mass is 32.2. The molecule has 0 aromatic heterocycles. The standard InChI is InChI=1S/C15H26N2O3S/c1-4-6-13-17(12(9-21-13)14(18)19)15(20)16-10(2)7-5-8-11(16)3/h10-13H,4-9H2,1-3H3,(H,18,19)/t10-,11+,12?,13?. The van der Waals surface area contributed by atoms with Gasteiger partial charge in [0.25, 0.3) is 0 Å². The molecule has 120 valence electrons. The molecule has 0 bridgehead atoms. The van der Waals surface area contributed by atoms with Crippen LogP contribution in [0.25, 0.3) is 0 Å². The Hall–Kier alpha value is -0.910. The number of rotatable bonds is 3. The third-order valence-corrected chi connectivity index (χ3v) is 5.90. The van der Waals surface area contributed by atoms with Gasteiger partial charge in [0, 0.05) is 17.8 Å². The molecular formula is C15H26N2O3S. The van der Waals surface area contributed by atoms with E-state index < -0.39 is 12.0 Å². The molecule has 2 amide bonds. The van der Waals surface area contributed by atoms with Gasteiger partial charge in [0.1, 0.15) is 6.04 Å². The fourth-order valence-corrected chi connectivity index (χ4v) is 4.92. The van der Waals surface area contributed by atoms with Gasteiger partial charge in [-0.15, -0.1) is 11.8 Å². The van der Waals surface area contributed by atoms with Crippen LogP contribution in [0.3, 0.4) is 0 Å². The van der Waals surface area contributed by atoms with E-state index in [-0.39, 0.29) is 23.5 Å². The number of nitrogens with zero attached hydrogens (tertiary/aromatic N) is 2. The summed E-state index contributed by atoms with van der Waals surface area (Å²) in [5.41, 5.74) is 0. The molecule has 6 heteroatoms. The monoisotopic (exact) mass is 314 g/mol. The summed E-state index contributed by atoms with van der Waals surface area (Å²) >= 11 is 1.60. The Bertz CT molecular complexity index is 394. The number of piperidine rings is 1. The van der Waals surface area contributed by atoms with Gasteiger partial charge < -0.3 is 10.0 Å². The van der Waals surface area contributed by atoms with E-state index in [0.29, 0.717) is 5.75 Å². The summed E-state index contributed by atoms with van der Waals surface area (Å²) in [6.07, 6.45) is 4.97. The second kappa shape index (κ2) is 6.90. The molecule has 1 N–H and O–H groups in total. The van der Waals surface area contributed by atoms with Crippen molar-refractivity contribution in [3.63, 3.8) is 0 Å². The SMILES string of the molecule is CCCC1SCC(C(=O)O)N1C(=O)N1[C@H](C)CCC[C@@H]1C. The second-order valence-electron chi connectivity index (χ2n) is 6.16. The maximum Gasteiger partial charge on any atom is 0.327 e. The lowest BCUT2D eigenvalue weighted by atomic mass is 9.98. The number of urea groups is 1. The summed E-state index contributed by atoms with van der Waals surface area (Å²) in [4.78, 5) is 28.0. The lowest BCUT2D eigenvalue weighted by Crippen LogP contribution is -2.57. The number of thioether (sulfide) groups is 1. The van der Waals surface area contributed by atoms with Crippen LogP contribution in [-0.2, 0) is 4.79 Å². The lowest BCUT2D eigenvalue weighted by Gasteiger charge is -2.43. The van der Waals surface area contributed by atoms with Crippen molar-refractivity contribution < 1.29 is 14.7 Å². The minimum atomic E-state index is -0.883. The van der Waals surface area contributed by atoms with Gasteiger partial charge in [0.15, 0.2) is 0 Å². The van der Waals surface area contributed by atoms with E-state index >= 15 is 0 Å². The number of hydrogen-bond acceptors (Lipinski definition) is 3. The Kier molecular flexibility index (Phi) is 5.41. The van der Waals surface area contributed by atoms with E-state index in [1.54, 1.807) is 16.7 Å². The average Bonchev–Trinajstić information content (AvgIpc) is 2.82. The Labute approximate surface area is 131 Å². The van der Waals surface area contributed by atoms with Crippen molar-refractivity contribution in [3.05, 3.63) is 0 Å². The Balaban J connectivity index is 2.21. The van der Waals surface area contributed by atoms with Crippen molar-refractivity contribution in [3.8, 4) is 0 Å². The smallest absolute Gasteiger partial charge is 0.327 e. The second-order valence-corrected chi connectivity index (χ2v) is 7.37. The first-order valence-electron chi connectivity index (χ1n) is 7.92. The molecule has 2 saturated heterocycles. The molecule has 2 rings (SSSR count). The minimum absolute atomic E-state index is 0.00456. The number of carbonyl (C=O) groups excluding carboxylic acids is 1. The molecule has 0 aromatic carbocycles. The van der Waals surface area contributed by atoms with Crippen molar-refractivity contribution in [2.45, 2.75) is 76.4 Å².